The van der Waals surface area contributed by atoms with Gasteiger partial charge in [0.05, 0.1) is 7.11 Å². The average Bonchev–Trinajstić information content (AvgIpc) is 2.56. The summed E-state index contributed by atoms with van der Waals surface area (Å²) in [5.74, 6) is 0.213. The Labute approximate surface area is 104 Å². The summed E-state index contributed by atoms with van der Waals surface area (Å²) in [6, 6.07) is 0. The Morgan fingerprint density at radius 3 is 2.81 bits per heavy atom. The van der Waals surface area contributed by atoms with Crippen LogP contribution in [0.4, 0.5) is 0 Å². The maximum Gasteiger partial charge on any atom is 0.326 e. The summed E-state index contributed by atoms with van der Waals surface area (Å²) >= 11 is 3.13. The fraction of sp³-hybridized carbons (Fsp3) is 0.167. The van der Waals surface area contributed by atoms with Crippen LogP contribution in [0.1, 0.15) is 0 Å². The molecule has 0 N–H and O–H groups in total. The van der Waals surface area contributed by atoms with Gasteiger partial charge in [0.2, 0.25) is 0 Å². The fourth-order valence-electron chi connectivity index (χ4n) is 1.16. The number of hydrogen-bond donors (Lipinski definition) is 0. The van der Waals surface area contributed by atoms with Gasteiger partial charge in [0.15, 0.2) is 10.8 Å². The molecule has 0 aromatic rings. The Morgan fingerprint density at radius 2 is 2.25 bits per heavy atom. The molecule has 2 aliphatic heterocycles. The van der Waals surface area contributed by atoms with Gasteiger partial charge in [0.1, 0.15) is 6.21 Å². The molecular weight excluding hydrogens is 324 g/mol. The van der Waals surface area contributed by atoms with E-state index in [0.29, 0.717) is 4.61 Å². The topological polar surface area (TPSA) is 80.5 Å². The van der Waals surface area contributed by atoms with Crippen LogP contribution in [0.2, 0.25) is 0 Å². The molecule has 0 aromatic carbocycles. The molecule has 0 aromatic heterocycles. The largest absolute Gasteiger partial charge is 0.326 e. The van der Waals surface area contributed by atoms with Crippen LogP contribution in [-0.4, -0.2) is 37.5 Å². The smallest absolute Gasteiger partial charge is 0.235 e. The van der Waals surface area contributed by atoms with Gasteiger partial charge >= 0.3 is 20.1 Å². The normalized spacial score (nSPS) is 28.3. The molecule has 1 unspecified atom stereocenters. The lowest BCUT2D eigenvalue weighted by molar-refractivity contribution is -0.993. The van der Waals surface area contributed by atoms with Gasteiger partial charge in [0.25, 0.3) is 0 Å². The highest BCUT2D eigenvalue weighted by molar-refractivity contribution is 9.11. The zero-order valence-corrected chi connectivity index (χ0v) is 11.0. The number of aliphatic imine (C=N–C) groups is 2. The third kappa shape index (κ3) is 1.84. The second-order valence-electron chi connectivity index (χ2n) is 2.81. The van der Waals surface area contributed by atoms with Crippen molar-refractivity contribution in [2.24, 2.45) is 15.1 Å². The average molecular weight is 329 g/mol. The highest BCUT2D eigenvalue weighted by Crippen LogP contribution is 2.27. The molecule has 0 saturated carbocycles. The predicted octanol–water partition coefficient (Wildman–Crippen LogP) is 0.895. The van der Waals surface area contributed by atoms with Crippen molar-refractivity contribution in [1.29, 1.82) is 0 Å². The molecule has 0 bridgehead atoms. The minimum Gasteiger partial charge on any atom is -0.235 e. The molecule has 0 fully saturated rings. The first-order valence-corrected chi connectivity index (χ1v) is 6.99. The summed E-state index contributed by atoms with van der Waals surface area (Å²) in [6.45, 7) is 0. The van der Waals surface area contributed by atoms with Crippen molar-refractivity contribution >= 4 is 52.9 Å². The Balaban J connectivity index is 2.59. The Kier molecular flexibility index (Phi) is 2.75. The Morgan fingerprint density at radius 1 is 1.56 bits per heavy atom. The van der Waals surface area contributed by atoms with E-state index in [4.69, 9.17) is 15.5 Å². The number of quaternary nitrogens is 1. The number of halogens is 2. The number of nitrogens with zero attached hydrogens (tertiary/aromatic N) is 4. The number of hydrogen-bond acceptors (Lipinski definition) is 6. The van der Waals surface area contributed by atoms with Gasteiger partial charge in [-0.05, 0) is 15.9 Å². The SMILES string of the molecule is CO[N+]12C=C(Br)N=CC1=NC(S(=O)(=O)Cl)=N2. The monoisotopic (exact) mass is 327 g/mol. The number of rotatable bonds is 1. The van der Waals surface area contributed by atoms with Crippen LogP contribution in [-0.2, 0) is 13.9 Å². The summed E-state index contributed by atoms with van der Waals surface area (Å²) in [7, 11) is 2.52. The van der Waals surface area contributed by atoms with Gasteiger partial charge in [-0.25, -0.2) is 13.4 Å². The van der Waals surface area contributed by atoms with Crippen LogP contribution in [0.3, 0.4) is 0 Å². The fourth-order valence-corrected chi connectivity index (χ4v) is 2.16. The molecule has 86 valence electrons. The molecule has 0 amide bonds. The van der Waals surface area contributed by atoms with Gasteiger partial charge in [-0.2, -0.15) is 9.83 Å². The molecule has 2 rings (SSSR count). The zero-order valence-electron chi connectivity index (χ0n) is 7.83. The molecule has 0 saturated heterocycles. The predicted molar refractivity (Wildman–Crippen MR) is 62.4 cm³/mol. The van der Waals surface area contributed by atoms with Crippen molar-refractivity contribution in [2.75, 3.05) is 7.11 Å². The van der Waals surface area contributed by atoms with E-state index in [9.17, 15) is 8.42 Å². The molecule has 0 spiro atoms. The van der Waals surface area contributed by atoms with E-state index in [-0.39, 0.29) is 5.84 Å². The summed E-state index contributed by atoms with van der Waals surface area (Å²) in [5.41, 5.74) is 0. The van der Waals surface area contributed by atoms with E-state index >= 15 is 0 Å². The summed E-state index contributed by atoms with van der Waals surface area (Å²) in [5, 5.41) is 3.29. The quantitative estimate of drug-likeness (QED) is 0.407. The Hall–Kier alpha value is -0.610. The van der Waals surface area contributed by atoms with Gasteiger partial charge in [0, 0.05) is 20.5 Å². The lowest BCUT2D eigenvalue weighted by atomic mass is 10.5. The van der Waals surface area contributed by atoms with Gasteiger partial charge in [-0.15, -0.1) is 0 Å². The molecule has 7 nitrogen and oxygen atoms in total. The van der Waals surface area contributed by atoms with Crippen LogP contribution in [0.5, 0.6) is 0 Å². The summed E-state index contributed by atoms with van der Waals surface area (Å²) < 4.78 is 22.1. The van der Waals surface area contributed by atoms with Crippen molar-refractivity contribution in [3.8, 4) is 0 Å². The second kappa shape index (κ2) is 3.70. The van der Waals surface area contributed by atoms with E-state index < -0.39 is 19.0 Å². The highest BCUT2D eigenvalue weighted by Gasteiger charge is 2.46. The van der Waals surface area contributed by atoms with Crippen molar-refractivity contribution in [3.63, 3.8) is 0 Å². The molecule has 10 heteroatoms. The zero-order chi connectivity index (χ0) is 12.0. The van der Waals surface area contributed by atoms with Crippen molar-refractivity contribution in [1.82, 2.24) is 0 Å². The summed E-state index contributed by atoms with van der Waals surface area (Å²) in [4.78, 5) is 12.7. The number of fused-ring (bicyclic) bond motifs is 1. The standard InChI is InChI=1S/C6H5BrClN4O3S/c1-15-12-3-4(7)9-2-5(12)10-6(11-12)16(8,13)14/h2-3H,1H3/q+1. The van der Waals surface area contributed by atoms with Crippen LogP contribution in [0, 0.1) is 0 Å². The van der Waals surface area contributed by atoms with Crippen molar-refractivity contribution in [3.05, 3.63) is 10.8 Å². The summed E-state index contributed by atoms with van der Waals surface area (Å²) in [6.07, 6.45) is 2.78. The van der Waals surface area contributed by atoms with E-state index in [0.717, 1.165) is 0 Å². The van der Waals surface area contributed by atoms with E-state index in [1.54, 1.807) is 0 Å². The molecule has 1 atom stereocenters. The lowest BCUT2D eigenvalue weighted by Crippen LogP contribution is -2.42. The van der Waals surface area contributed by atoms with Gasteiger partial charge in [-0.1, -0.05) is 0 Å². The van der Waals surface area contributed by atoms with Crippen LogP contribution in [0.25, 0.3) is 0 Å². The third-order valence-electron chi connectivity index (χ3n) is 1.85. The number of hydroxylamine groups is 2. The second-order valence-corrected chi connectivity index (χ2v) is 6.08. The van der Waals surface area contributed by atoms with E-state index in [1.807, 2.05) is 0 Å². The van der Waals surface area contributed by atoms with Gasteiger partial charge in [-0.3, -0.25) is 0 Å². The maximum absolute atomic E-state index is 11.1. The first kappa shape index (κ1) is 11.9. The molecular formula is C6H5BrClN4O3S+. The van der Waals surface area contributed by atoms with Crippen LogP contribution < -0.4 is 0 Å². The lowest BCUT2D eigenvalue weighted by Gasteiger charge is -2.19. The first-order valence-electron chi connectivity index (χ1n) is 3.88. The molecule has 16 heavy (non-hydrogen) atoms. The molecule has 0 radical (unpaired) electrons. The Bertz CT molecular complexity index is 566. The van der Waals surface area contributed by atoms with E-state index in [1.165, 1.54) is 19.5 Å². The number of amidine groups is 2. The van der Waals surface area contributed by atoms with Crippen molar-refractivity contribution in [2.45, 2.75) is 0 Å². The highest BCUT2D eigenvalue weighted by atomic mass is 79.9. The maximum atomic E-state index is 11.1. The van der Waals surface area contributed by atoms with Crippen molar-refractivity contribution < 1.29 is 18.0 Å². The molecule has 0 aliphatic carbocycles. The minimum atomic E-state index is -3.99. The van der Waals surface area contributed by atoms with Gasteiger partial charge < -0.3 is 0 Å². The first-order chi connectivity index (χ1) is 7.37. The third-order valence-corrected chi connectivity index (χ3v) is 3.29. The van der Waals surface area contributed by atoms with Crippen LogP contribution in [0.15, 0.2) is 25.9 Å². The molecule has 2 heterocycles. The van der Waals surface area contributed by atoms with Crippen LogP contribution >= 0.6 is 26.6 Å². The molecule has 2 aliphatic rings. The minimum absolute atomic E-state index is 0.213. The van der Waals surface area contributed by atoms with E-state index in [2.05, 4.69) is 31.0 Å².